The van der Waals surface area contributed by atoms with Crippen LogP contribution < -0.4 is 5.32 Å². The first-order chi connectivity index (χ1) is 5.27. The summed E-state index contributed by atoms with van der Waals surface area (Å²) in [6.45, 7) is 1.71. The lowest BCUT2D eigenvalue weighted by molar-refractivity contribution is -0.122. The molecule has 1 N–H and O–H groups in total. The molecule has 2 heterocycles. The Bertz CT molecular complexity index is 170. The van der Waals surface area contributed by atoms with Crippen LogP contribution in [0.4, 0.5) is 0 Å². The van der Waals surface area contributed by atoms with E-state index in [1.807, 2.05) is 0 Å². The molecule has 1 saturated carbocycles. The van der Waals surface area contributed by atoms with Crippen LogP contribution in [-0.4, -0.2) is 17.9 Å². The molecule has 62 valence electrons. The monoisotopic (exact) mass is 153 g/mol. The summed E-state index contributed by atoms with van der Waals surface area (Å²) < 4.78 is 0. The van der Waals surface area contributed by atoms with Crippen LogP contribution in [0.5, 0.6) is 0 Å². The van der Waals surface area contributed by atoms with E-state index in [4.69, 9.17) is 0 Å². The van der Waals surface area contributed by atoms with E-state index in [1.54, 1.807) is 6.92 Å². The Morgan fingerprint density at radius 2 is 1.91 bits per heavy atom. The third-order valence-corrected chi connectivity index (χ3v) is 3.10. The number of fused-ring (bicyclic) bond motifs is 3. The molecule has 0 unspecified atom stereocenters. The van der Waals surface area contributed by atoms with Crippen molar-refractivity contribution in [2.24, 2.45) is 5.92 Å². The van der Waals surface area contributed by atoms with E-state index < -0.39 is 0 Å². The second-order valence-corrected chi connectivity index (χ2v) is 3.87. The van der Waals surface area contributed by atoms with Gasteiger partial charge in [-0.05, 0) is 38.5 Å². The lowest BCUT2D eigenvalue weighted by atomic mass is 9.75. The summed E-state index contributed by atoms with van der Waals surface area (Å²) in [6.07, 6.45) is 5.10. The van der Waals surface area contributed by atoms with Gasteiger partial charge in [0.2, 0.25) is 0 Å². The Morgan fingerprint density at radius 3 is 2.18 bits per heavy atom. The van der Waals surface area contributed by atoms with Crippen molar-refractivity contribution in [3.63, 3.8) is 0 Å². The number of rotatable bonds is 1. The summed E-state index contributed by atoms with van der Waals surface area (Å²) >= 11 is 0. The van der Waals surface area contributed by atoms with Crippen molar-refractivity contribution >= 4 is 5.78 Å². The van der Waals surface area contributed by atoms with Crippen molar-refractivity contribution in [3.05, 3.63) is 0 Å². The Kier molecular flexibility index (Phi) is 1.72. The van der Waals surface area contributed by atoms with Gasteiger partial charge in [0, 0.05) is 6.04 Å². The summed E-state index contributed by atoms with van der Waals surface area (Å²) in [5.74, 6) is 0.983. The van der Waals surface area contributed by atoms with Gasteiger partial charge in [-0.25, -0.2) is 0 Å². The van der Waals surface area contributed by atoms with Crippen molar-refractivity contribution in [2.45, 2.75) is 44.7 Å². The molecule has 2 nitrogen and oxygen atoms in total. The predicted molar refractivity (Wildman–Crippen MR) is 43.4 cm³/mol. The fraction of sp³-hybridized carbons (Fsp3) is 0.889. The molecular weight excluding hydrogens is 138 g/mol. The number of Topliss-reactive ketones (excluding diaryl/α,β-unsaturated/α-hetero) is 1. The van der Waals surface area contributed by atoms with Crippen molar-refractivity contribution < 1.29 is 4.79 Å². The van der Waals surface area contributed by atoms with Gasteiger partial charge in [-0.2, -0.15) is 0 Å². The Labute approximate surface area is 67.4 Å². The molecule has 3 rings (SSSR count). The first-order valence-electron chi connectivity index (χ1n) is 4.54. The third-order valence-electron chi connectivity index (χ3n) is 3.10. The van der Waals surface area contributed by atoms with Gasteiger partial charge < -0.3 is 5.32 Å². The smallest absolute Gasteiger partial charge is 0.146 e. The molecule has 1 aliphatic carbocycles. The molecule has 0 aromatic carbocycles. The van der Waals surface area contributed by atoms with Gasteiger partial charge in [-0.3, -0.25) is 4.79 Å². The van der Waals surface area contributed by atoms with E-state index in [9.17, 15) is 4.79 Å². The molecule has 2 bridgehead atoms. The average Bonchev–Trinajstić information content (AvgIpc) is 2.06. The van der Waals surface area contributed by atoms with Crippen molar-refractivity contribution in [1.82, 2.24) is 5.32 Å². The topological polar surface area (TPSA) is 29.1 Å². The molecule has 0 aromatic rings. The molecule has 0 amide bonds. The van der Waals surface area contributed by atoms with Gasteiger partial charge in [0.1, 0.15) is 5.78 Å². The molecule has 0 aromatic heterocycles. The minimum absolute atomic E-state index is 0.197. The molecule has 3 fully saturated rings. The van der Waals surface area contributed by atoms with Crippen LogP contribution in [0, 0.1) is 5.92 Å². The molecule has 2 aliphatic heterocycles. The number of hydrogen-bond acceptors (Lipinski definition) is 2. The van der Waals surface area contributed by atoms with Gasteiger partial charge in [0.05, 0.1) is 6.04 Å². The van der Waals surface area contributed by atoms with Gasteiger partial charge >= 0.3 is 0 Å². The van der Waals surface area contributed by atoms with Crippen LogP contribution in [-0.2, 0) is 4.79 Å². The molecule has 1 atom stereocenters. The van der Waals surface area contributed by atoms with Crippen LogP contribution in [0.2, 0.25) is 0 Å². The number of piperidine rings is 2. The Balaban J connectivity index is 2.08. The normalized spacial score (nSPS) is 42.5. The highest BCUT2D eigenvalue weighted by Crippen LogP contribution is 2.33. The fourth-order valence-corrected chi connectivity index (χ4v) is 2.46. The zero-order valence-corrected chi connectivity index (χ0v) is 6.97. The Hall–Kier alpha value is -0.370. The summed E-state index contributed by atoms with van der Waals surface area (Å²) in [4.78, 5) is 11.1. The summed E-state index contributed by atoms with van der Waals surface area (Å²) in [5, 5.41) is 3.40. The van der Waals surface area contributed by atoms with E-state index in [-0.39, 0.29) is 6.04 Å². The van der Waals surface area contributed by atoms with Crippen LogP contribution in [0.1, 0.15) is 32.6 Å². The minimum atomic E-state index is 0.197. The summed E-state index contributed by atoms with van der Waals surface area (Å²) in [7, 11) is 0. The number of ketones is 1. The fourth-order valence-electron chi connectivity index (χ4n) is 2.46. The SMILES string of the molecule is CC(=O)[C@H]1NC2CCC1CC2. The third kappa shape index (κ3) is 1.20. The maximum Gasteiger partial charge on any atom is 0.146 e. The average molecular weight is 153 g/mol. The van der Waals surface area contributed by atoms with Crippen LogP contribution >= 0.6 is 0 Å². The molecule has 0 spiro atoms. The first kappa shape index (κ1) is 7.29. The highest BCUT2D eigenvalue weighted by Gasteiger charge is 2.36. The van der Waals surface area contributed by atoms with E-state index in [0.29, 0.717) is 17.7 Å². The molecular formula is C9H15NO. The Morgan fingerprint density at radius 1 is 1.27 bits per heavy atom. The lowest BCUT2D eigenvalue weighted by Crippen LogP contribution is -2.55. The highest BCUT2D eigenvalue weighted by atomic mass is 16.1. The molecule has 3 aliphatic rings. The predicted octanol–water partition coefficient (Wildman–Crippen LogP) is 1.11. The number of carbonyl (C=O) groups excluding carboxylic acids is 1. The van der Waals surface area contributed by atoms with Gasteiger partial charge in [0.15, 0.2) is 0 Å². The van der Waals surface area contributed by atoms with Crippen LogP contribution in [0.15, 0.2) is 0 Å². The van der Waals surface area contributed by atoms with Gasteiger partial charge in [-0.1, -0.05) is 0 Å². The first-order valence-corrected chi connectivity index (χ1v) is 4.54. The zero-order valence-electron chi connectivity index (χ0n) is 6.97. The maximum absolute atomic E-state index is 11.1. The second kappa shape index (κ2) is 2.59. The van der Waals surface area contributed by atoms with Crippen LogP contribution in [0.3, 0.4) is 0 Å². The second-order valence-electron chi connectivity index (χ2n) is 3.87. The van der Waals surface area contributed by atoms with Crippen LogP contribution in [0.25, 0.3) is 0 Å². The molecule has 2 heteroatoms. The van der Waals surface area contributed by atoms with Gasteiger partial charge in [-0.15, -0.1) is 0 Å². The number of hydrogen-bond donors (Lipinski definition) is 1. The summed E-state index contributed by atoms with van der Waals surface area (Å²) in [5.41, 5.74) is 0. The maximum atomic E-state index is 11.1. The van der Waals surface area contributed by atoms with E-state index in [2.05, 4.69) is 5.32 Å². The van der Waals surface area contributed by atoms with Crippen molar-refractivity contribution in [2.75, 3.05) is 0 Å². The standard InChI is InChI=1S/C9H15NO/c1-6(11)9-7-2-4-8(10-9)5-3-7/h7-10H,2-5H2,1H3/t7?,8?,9-/m1/s1. The van der Waals surface area contributed by atoms with Crippen molar-refractivity contribution in [1.29, 1.82) is 0 Å². The molecule has 0 radical (unpaired) electrons. The van der Waals surface area contributed by atoms with E-state index >= 15 is 0 Å². The largest absolute Gasteiger partial charge is 0.304 e. The zero-order chi connectivity index (χ0) is 7.84. The summed E-state index contributed by atoms with van der Waals surface area (Å²) in [6, 6.07) is 0.844. The molecule has 2 saturated heterocycles. The highest BCUT2D eigenvalue weighted by molar-refractivity contribution is 5.82. The van der Waals surface area contributed by atoms with Gasteiger partial charge in [0.25, 0.3) is 0 Å². The van der Waals surface area contributed by atoms with E-state index in [1.165, 1.54) is 25.7 Å². The van der Waals surface area contributed by atoms with Crippen molar-refractivity contribution in [3.8, 4) is 0 Å². The van der Waals surface area contributed by atoms with E-state index in [0.717, 1.165) is 0 Å². The number of nitrogens with one attached hydrogen (secondary N) is 1. The molecule has 11 heavy (non-hydrogen) atoms. The number of carbonyl (C=O) groups is 1. The lowest BCUT2D eigenvalue weighted by Gasteiger charge is -2.42. The quantitative estimate of drug-likeness (QED) is 0.611. The minimum Gasteiger partial charge on any atom is -0.304 e.